The molecule has 1 atom stereocenters. The summed E-state index contributed by atoms with van der Waals surface area (Å²) in [6.07, 6.45) is 0.932. The van der Waals surface area contributed by atoms with Crippen molar-refractivity contribution in [2.45, 2.75) is 17.4 Å². The lowest BCUT2D eigenvalue weighted by atomic mass is 10.3. The molecule has 1 aromatic carbocycles. The van der Waals surface area contributed by atoms with E-state index in [-0.39, 0.29) is 11.9 Å². The number of carbonyl (C=O) groups excluding carboxylic acids is 1. The van der Waals surface area contributed by atoms with Gasteiger partial charge in [-0.3, -0.25) is 4.79 Å². The fourth-order valence-corrected chi connectivity index (χ4v) is 2.59. The van der Waals surface area contributed by atoms with E-state index in [0.29, 0.717) is 12.3 Å². The Kier molecular flexibility index (Phi) is 3.85. The molecule has 2 rings (SSSR count). The van der Waals surface area contributed by atoms with Crippen molar-refractivity contribution in [2.24, 2.45) is 5.73 Å². The molecular formula is C12H16N2OS. The molecule has 1 saturated heterocycles. The number of carbonyl (C=O) groups is 1. The second-order valence-electron chi connectivity index (χ2n) is 3.99. The highest BCUT2D eigenvalue weighted by molar-refractivity contribution is 8.00. The van der Waals surface area contributed by atoms with E-state index in [0.717, 1.165) is 17.9 Å². The monoisotopic (exact) mass is 236 g/mol. The highest BCUT2D eigenvalue weighted by Gasteiger charge is 2.23. The van der Waals surface area contributed by atoms with Crippen LogP contribution in [0, 0.1) is 0 Å². The van der Waals surface area contributed by atoms with Gasteiger partial charge in [-0.2, -0.15) is 0 Å². The summed E-state index contributed by atoms with van der Waals surface area (Å²) in [7, 11) is 0. The van der Waals surface area contributed by atoms with Gasteiger partial charge >= 0.3 is 0 Å². The van der Waals surface area contributed by atoms with E-state index in [2.05, 4.69) is 0 Å². The van der Waals surface area contributed by atoms with E-state index in [4.69, 9.17) is 5.73 Å². The zero-order valence-electron chi connectivity index (χ0n) is 9.13. The fourth-order valence-electron chi connectivity index (χ4n) is 1.77. The summed E-state index contributed by atoms with van der Waals surface area (Å²) in [4.78, 5) is 14.8. The first kappa shape index (κ1) is 11.5. The van der Waals surface area contributed by atoms with Crippen LogP contribution in [0.4, 0.5) is 0 Å². The maximum atomic E-state index is 11.8. The Morgan fingerprint density at radius 1 is 1.44 bits per heavy atom. The van der Waals surface area contributed by atoms with Gasteiger partial charge in [0.2, 0.25) is 5.91 Å². The summed E-state index contributed by atoms with van der Waals surface area (Å²) in [5.74, 6) is 0.707. The SMILES string of the molecule is N[C@H]1CCN(C(=O)CSc2ccccc2)C1. The van der Waals surface area contributed by atoms with E-state index < -0.39 is 0 Å². The van der Waals surface area contributed by atoms with Gasteiger partial charge in [-0.05, 0) is 18.6 Å². The highest BCUT2D eigenvalue weighted by Crippen LogP contribution is 2.18. The van der Waals surface area contributed by atoms with Crippen molar-refractivity contribution < 1.29 is 4.79 Å². The number of likely N-dealkylation sites (tertiary alicyclic amines) is 1. The molecule has 2 N–H and O–H groups in total. The Bertz CT molecular complexity index is 355. The van der Waals surface area contributed by atoms with Gasteiger partial charge in [0.25, 0.3) is 0 Å². The van der Waals surface area contributed by atoms with Crippen molar-refractivity contribution in [1.82, 2.24) is 4.90 Å². The van der Waals surface area contributed by atoms with E-state index in [9.17, 15) is 4.79 Å². The smallest absolute Gasteiger partial charge is 0.232 e. The molecule has 1 aliphatic rings. The van der Waals surface area contributed by atoms with Crippen LogP contribution in [0.2, 0.25) is 0 Å². The second-order valence-corrected chi connectivity index (χ2v) is 5.04. The molecule has 0 saturated carbocycles. The molecule has 0 aromatic heterocycles. The van der Waals surface area contributed by atoms with Crippen molar-refractivity contribution in [3.05, 3.63) is 30.3 Å². The standard InChI is InChI=1S/C12H16N2OS/c13-10-6-7-14(8-10)12(15)9-16-11-4-2-1-3-5-11/h1-5,10H,6-9,13H2/t10-/m0/s1. The van der Waals surface area contributed by atoms with Crippen molar-refractivity contribution in [3.63, 3.8) is 0 Å². The number of amides is 1. The van der Waals surface area contributed by atoms with Crippen molar-refractivity contribution in [2.75, 3.05) is 18.8 Å². The third-order valence-corrected chi connectivity index (χ3v) is 3.68. The fraction of sp³-hybridized carbons (Fsp3) is 0.417. The molecule has 0 aliphatic carbocycles. The molecule has 0 bridgehead atoms. The first-order chi connectivity index (χ1) is 7.75. The Hall–Kier alpha value is -1.00. The second kappa shape index (κ2) is 5.37. The molecular weight excluding hydrogens is 220 g/mol. The minimum atomic E-state index is 0.172. The highest BCUT2D eigenvalue weighted by atomic mass is 32.2. The van der Waals surface area contributed by atoms with Gasteiger partial charge in [-0.25, -0.2) is 0 Å². The largest absolute Gasteiger partial charge is 0.340 e. The zero-order chi connectivity index (χ0) is 11.4. The van der Waals surface area contributed by atoms with Gasteiger partial charge in [0.15, 0.2) is 0 Å². The number of benzene rings is 1. The molecule has 1 fully saturated rings. The lowest BCUT2D eigenvalue weighted by Crippen LogP contribution is -2.33. The first-order valence-corrected chi connectivity index (χ1v) is 6.45. The molecule has 3 nitrogen and oxygen atoms in total. The molecule has 1 aromatic rings. The maximum absolute atomic E-state index is 11.8. The zero-order valence-corrected chi connectivity index (χ0v) is 9.95. The molecule has 4 heteroatoms. The minimum absolute atomic E-state index is 0.172. The number of hydrogen-bond donors (Lipinski definition) is 1. The number of nitrogens with zero attached hydrogens (tertiary/aromatic N) is 1. The van der Waals surface area contributed by atoms with Gasteiger partial charge in [-0.15, -0.1) is 11.8 Å². The average molecular weight is 236 g/mol. The van der Waals surface area contributed by atoms with Gasteiger partial charge in [-0.1, -0.05) is 18.2 Å². The van der Waals surface area contributed by atoms with Crippen LogP contribution in [0.3, 0.4) is 0 Å². The van der Waals surface area contributed by atoms with Gasteiger partial charge in [0.1, 0.15) is 0 Å². The van der Waals surface area contributed by atoms with Crippen LogP contribution in [0.5, 0.6) is 0 Å². The third-order valence-electron chi connectivity index (χ3n) is 2.68. The Morgan fingerprint density at radius 2 is 2.19 bits per heavy atom. The van der Waals surface area contributed by atoms with E-state index in [1.165, 1.54) is 0 Å². The molecule has 0 unspecified atom stereocenters. The molecule has 16 heavy (non-hydrogen) atoms. The molecule has 1 aliphatic heterocycles. The Labute approximate surface area is 100.0 Å². The van der Waals surface area contributed by atoms with Crippen molar-refractivity contribution in [3.8, 4) is 0 Å². The number of rotatable bonds is 3. The normalized spacial score (nSPS) is 20.1. The summed E-state index contributed by atoms with van der Waals surface area (Å²) in [6, 6.07) is 10.2. The number of thioether (sulfide) groups is 1. The summed E-state index contributed by atoms with van der Waals surface area (Å²) < 4.78 is 0. The molecule has 0 spiro atoms. The van der Waals surface area contributed by atoms with Gasteiger partial charge in [0.05, 0.1) is 5.75 Å². The summed E-state index contributed by atoms with van der Waals surface area (Å²) >= 11 is 1.58. The van der Waals surface area contributed by atoms with Gasteiger partial charge < -0.3 is 10.6 Å². The van der Waals surface area contributed by atoms with E-state index in [1.807, 2.05) is 35.2 Å². The van der Waals surface area contributed by atoms with E-state index in [1.54, 1.807) is 11.8 Å². The van der Waals surface area contributed by atoms with Crippen LogP contribution in [0.25, 0.3) is 0 Å². The molecule has 1 heterocycles. The first-order valence-electron chi connectivity index (χ1n) is 5.47. The van der Waals surface area contributed by atoms with Crippen molar-refractivity contribution in [1.29, 1.82) is 0 Å². The van der Waals surface area contributed by atoms with Crippen LogP contribution in [0.1, 0.15) is 6.42 Å². The lowest BCUT2D eigenvalue weighted by molar-refractivity contribution is -0.127. The average Bonchev–Trinajstić information content (AvgIpc) is 2.74. The van der Waals surface area contributed by atoms with Crippen LogP contribution >= 0.6 is 11.8 Å². The predicted octanol–water partition coefficient (Wildman–Crippen LogP) is 1.34. The lowest BCUT2D eigenvalue weighted by Gasteiger charge is -2.15. The van der Waals surface area contributed by atoms with E-state index >= 15 is 0 Å². The Balaban J connectivity index is 1.80. The van der Waals surface area contributed by atoms with Crippen molar-refractivity contribution >= 4 is 17.7 Å². The topological polar surface area (TPSA) is 46.3 Å². The molecule has 86 valence electrons. The summed E-state index contributed by atoms with van der Waals surface area (Å²) in [5, 5.41) is 0. The van der Waals surface area contributed by atoms with Crippen LogP contribution in [0.15, 0.2) is 35.2 Å². The predicted molar refractivity (Wildman–Crippen MR) is 66.3 cm³/mol. The molecule has 1 amide bonds. The maximum Gasteiger partial charge on any atom is 0.232 e. The van der Waals surface area contributed by atoms with Gasteiger partial charge in [0, 0.05) is 24.0 Å². The summed E-state index contributed by atoms with van der Waals surface area (Å²) in [6.45, 7) is 1.53. The third kappa shape index (κ3) is 3.00. The minimum Gasteiger partial charge on any atom is -0.340 e. The van der Waals surface area contributed by atoms with Crippen LogP contribution in [-0.4, -0.2) is 35.7 Å². The van der Waals surface area contributed by atoms with Crippen LogP contribution < -0.4 is 5.73 Å². The summed E-state index contributed by atoms with van der Waals surface area (Å²) in [5.41, 5.74) is 5.77. The number of nitrogens with two attached hydrogens (primary N) is 1. The number of hydrogen-bond acceptors (Lipinski definition) is 3. The molecule has 0 radical (unpaired) electrons. The van der Waals surface area contributed by atoms with Crippen LogP contribution in [-0.2, 0) is 4.79 Å². The quantitative estimate of drug-likeness (QED) is 0.806. The Morgan fingerprint density at radius 3 is 2.81 bits per heavy atom.